The molecule has 3 aromatic rings. The van der Waals surface area contributed by atoms with Gasteiger partial charge in [0.15, 0.2) is 5.43 Å². The maximum Gasteiger partial charge on any atom is 0.335 e. The molecule has 3 rings (SSSR count). The van der Waals surface area contributed by atoms with E-state index in [9.17, 15) is 9.59 Å². The Bertz CT molecular complexity index is 916. The molecule has 0 aliphatic carbocycles. The Kier molecular flexibility index (Phi) is 2.92. The second-order valence-electron chi connectivity index (χ2n) is 4.47. The number of carboxylic acid groups (broad SMARTS) is 1. The van der Waals surface area contributed by atoms with Crippen LogP contribution in [0.15, 0.2) is 53.3 Å². The van der Waals surface area contributed by atoms with Crippen LogP contribution in [-0.2, 0) is 0 Å². The van der Waals surface area contributed by atoms with Gasteiger partial charge in [-0.05, 0) is 29.7 Å². The third-order valence-electron chi connectivity index (χ3n) is 3.27. The minimum atomic E-state index is -1.02. The highest BCUT2D eigenvalue weighted by Gasteiger charge is 2.07. The third-order valence-corrected chi connectivity index (χ3v) is 3.60. The van der Waals surface area contributed by atoms with E-state index in [0.717, 1.165) is 0 Å². The Morgan fingerprint density at radius 1 is 0.950 bits per heavy atom. The average Bonchev–Trinajstić information content (AvgIpc) is 2.57. The molecule has 0 radical (unpaired) electrons. The van der Waals surface area contributed by atoms with Crippen LogP contribution in [-0.4, -0.2) is 11.1 Å². The molecular formula is C16H9ClO3. The zero-order chi connectivity index (χ0) is 14.3. The summed E-state index contributed by atoms with van der Waals surface area (Å²) >= 11 is 6.11. The average molecular weight is 285 g/mol. The van der Waals surface area contributed by atoms with Gasteiger partial charge in [0, 0.05) is 21.2 Å². The molecule has 0 aromatic heterocycles. The third kappa shape index (κ3) is 1.92. The van der Waals surface area contributed by atoms with Crippen molar-refractivity contribution in [1.29, 1.82) is 0 Å². The summed E-state index contributed by atoms with van der Waals surface area (Å²) in [4.78, 5) is 23.5. The smallest absolute Gasteiger partial charge is 0.335 e. The standard InChI is InChI=1S/C16H9ClO3/c17-14-3-1-2-13-12(14)7-4-9-8-10(16(19)20)5-6-11(9)15(13)18/h1-8H,(H,19,20). The second-order valence-corrected chi connectivity index (χ2v) is 4.88. The van der Waals surface area contributed by atoms with Gasteiger partial charge in [-0.2, -0.15) is 0 Å². The molecule has 3 aromatic carbocycles. The van der Waals surface area contributed by atoms with Crippen molar-refractivity contribution in [2.75, 3.05) is 0 Å². The topological polar surface area (TPSA) is 54.4 Å². The van der Waals surface area contributed by atoms with Gasteiger partial charge in [-0.15, -0.1) is 0 Å². The van der Waals surface area contributed by atoms with Gasteiger partial charge in [-0.3, -0.25) is 4.79 Å². The fraction of sp³-hybridized carbons (Fsp3) is 0. The fourth-order valence-corrected chi connectivity index (χ4v) is 2.50. The first kappa shape index (κ1) is 12.6. The summed E-state index contributed by atoms with van der Waals surface area (Å²) in [6, 6.07) is 13.1. The molecule has 0 saturated carbocycles. The molecule has 0 heterocycles. The molecule has 20 heavy (non-hydrogen) atoms. The van der Waals surface area contributed by atoms with Crippen molar-refractivity contribution in [3.05, 3.63) is 69.3 Å². The highest BCUT2D eigenvalue weighted by atomic mass is 35.5. The molecule has 0 saturated heterocycles. The highest BCUT2D eigenvalue weighted by Crippen LogP contribution is 2.22. The molecule has 0 fully saturated rings. The Balaban J connectivity index is 2.53. The number of hydrogen-bond donors (Lipinski definition) is 1. The van der Waals surface area contributed by atoms with E-state index in [4.69, 9.17) is 16.7 Å². The summed E-state index contributed by atoms with van der Waals surface area (Å²) in [7, 11) is 0. The first-order chi connectivity index (χ1) is 9.58. The minimum Gasteiger partial charge on any atom is -0.478 e. The zero-order valence-electron chi connectivity index (χ0n) is 10.3. The Morgan fingerprint density at radius 2 is 1.70 bits per heavy atom. The quantitative estimate of drug-likeness (QED) is 0.741. The van der Waals surface area contributed by atoms with Crippen molar-refractivity contribution in [1.82, 2.24) is 0 Å². The van der Waals surface area contributed by atoms with E-state index in [1.54, 1.807) is 36.4 Å². The first-order valence-electron chi connectivity index (χ1n) is 5.96. The molecule has 0 aliphatic rings. The lowest BCUT2D eigenvalue weighted by Crippen LogP contribution is -2.00. The molecule has 0 atom stereocenters. The van der Waals surface area contributed by atoms with Crippen LogP contribution in [0, 0.1) is 0 Å². The number of hydrogen-bond acceptors (Lipinski definition) is 2. The van der Waals surface area contributed by atoms with Crippen molar-refractivity contribution < 1.29 is 9.90 Å². The van der Waals surface area contributed by atoms with E-state index in [-0.39, 0.29) is 11.0 Å². The largest absolute Gasteiger partial charge is 0.478 e. The number of halogens is 1. The van der Waals surface area contributed by atoms with Gasteiger partial charge in [-0.1, -0.05) is 35.9 Å². The van der Waals surface area contributed by atoms with Crippen molar-refractivity contribution in [2.45, 2.75) is 0 Å². The fourth-order valence-electron chi connectivity index (χ4n) is 2.26. The number of rotatable bonds is 1. The predicted octanol–water partition coefficient (Wildman–Crippen LogP) is 3.70. The molecule has 0 bridgehead atoms. The molecule has 98 valence electrons. The molecule has 0 spiro atoms. The van der Waals surface area contributed by atoms with Gasteiger partial charge in [0.1, 0.15) is 0 Å². The van der Waals surface area contributed by atoms with E-state index >= 15 is 0 Å². The summed E-state index contributed by atoms with van der Waals surface area (Å²) in [5.74, 6) is -1.02. The van der Waals surface area contributed by atoms with E-state index in [2.05, 4.69) is 0 Å². The maximum absolute atomic E-state index is 12.5. The van der Waals surface area contributed by atoms with Crippen LogP contribution in [0.3, 0.4) is 0 Å². The van der Waals surface area contributed by atoms with Gasteiger partial charge < -0.3 is 5.11 Å². The SMILES string of the molecule is O=C(O)c1ccc2c(=O)c3cccc(Cl)c3ccc2c1. The first-order valence-corrected chi connectivity index (χ1v) is 6.34. The van der Waals surface area contributed by atoms with Crippen LogP contribution >= 0.6 is 11.6 Å². The lowest BCUT2D eigenvalue weighted by atomic mass is 10.1. The highest BCUT2D eigenvalue weighted by molar-refractivity contribution is 6.35. The molecular weight excluding hydrogens is 276 g/mol. The van der Waals surface area contributed by atoms with Gasteiger partial charge >= 0.3 is 5.97 Å². The van der Waals surface area contributed by atoms with Crippen LogP contribution in [0.2, 0.25) is 5.02 Å². The number of aromatic carboxylic acids is 1. The Labute approximate surface area is 119 Å². The van der Waals surface area contributed by atoms with Crippen LogP contribution in [0.4, 0.5) is 0 Å². The summed E-state index contributed by atoms with van der Waals surface area (Å²) in [5, 5.41) is 11.8. The molecule has 4 heteroatoms. The summed E-state index contributed by atoms with van der Waals surface area (Å²) < 4.78 is 0. The zero-order valence-corrected chi connectivity index (χ0v) is 11.0. The van der Waals surface area contributed by atoms with Gasteiger partial charge in [-0.25, -0.2) is 4.79 Å². The predicted molar refractivity (Wildman–Crippen MR) is 79.7 cm³/mol. The molecule has 0 aliphatic heterocycles. The summed E-state index contributed by atoms with van der Waals surface area (Å²) in [6.45, 7) is 0. The van der Waals surface area contributed by atoms with E-state index in [1.165, 1.54) is 12.1 Å². The van der Waals surface area contributed by atoms with Crippen LogP contribution < -0.4 is 5.43 Å². The molecule has 0 amide bonds. The van der Waals surface area contributed by atoms with E-state index < -0.39 is 5.97 Å². The van der Waals surface area contributed by atoms with Gasteiger partial charge in [0.2, 0.25) is 0 Å². The van der Waals surface area contributed by atoms with Crippen molar-refractivity contribution in [3.8, 4) is 0 Å². The van der Waals surface area contributed by atoms with E-state index in [1.807, 2.05) is 0 Å². The Morgan fingerprint density at radius 3 is 2.45 bits per heavy atom. The Hall–Kier alpha value is -2.39. The minimum absolute atomic E-state index is 0.151. The summed E-state index contributed by atoms with van der Waals surface area (Å²) in [5.41, 5.74) is -0.00214. The van der Waals surface area contributed by atoms with Gasteiger partial charge in [0.05, 0.1) is 5.56 Å². The molecule has 0 unspecified atom stereocenters. The maximum atomic E-state index is 12.5. The van der Waals surface area contributed by atoms with Crippen molar-refractivity contribution in [2.24, 2.45) is 0 Å². The van der Waals surface area contributed by atoms with Gasteiger partial charge in [0.25, 0.3) is 0 Å². The summed E-state index contributed by atoms with van der Waals surface area (Å²) in [6.07, 6.45) is 0. The molecule has 3 nitrogen and oxygen atoms in total. The lowest BCUT2D eigenvalue weighted by Gasteiger charge is -1.96. The lowest BCUT2D eigenvalue weighted by molar-refractivity contribution is 0.0697. The monoisotopic (exact) mass is 284 g/mol. The van der Waals surface area contributed by atoms with Crippen LogP contribution in [0.1, 0.15) is 10.4 Å². The van der Waals surface area contributed by atoms with E-state index in [0.29, 0.717) is 26.6 Å². The number of fused-ring (bicyclic) bond motifs is 2. The number of carboxylic acids is 1. The molecule has 1 N–H and O–H groups in total. The second kappa shape index (κ2) is 4.62. The van der Waals surface area contributed by atoms with Crippen LogP contribution in [0.25, 0.3) is 21.5 Å². The van der Waals surface area contributed by atoms with Crippen molar-refractivity contribution in [3.63, 3.8) is 0 Å². The van der Waals surface area contributed by atoms with Crippen molar-refractivity contribution >= 4 is 39.1 Å². The number of carbonyl (C=O) groups is 1. The normalized spacial score (nSPS) is 10.8. The number of benzene rings is 2. The van der Waals surface area contributed by atoms with Crippen LogP contribution in [0.5, 0.6) is 0 Å².